The van der Waals surface area contributed by atoms with E-state index in [4.69, 9.17) is 18.9 Å². The molecule has 2 aromatic carbocycles. The highest BCUT2D eigenvalue weighted by Crippen LogP contribution is 2.25. The predicted molar refractivity (Wildman–Crippen MR) is 157 cm³/mol. The molecule has 8 heteroatoms. The first-order valence-corrected chi connectivity index (χ1v) is 14.4. The number of carbonyl (C=O) groups is 4. The van der Waals surface area contributed by atoms with Crippen molar-refractivity contribution in [1.82, 2.24) is 0 Å². The highest BCUT2D eigenvalue weighted by atomic mass is 16.6. The van der Waals surface area contributed by atoms with Crippen LogP contribution in [-0.4, -0.2) is 47.9 Å². The van der Waals surface area contributed by atoms with Crippen molar-refractivity contribution in [3.05, 3.63) is 59.7 Å². The highest BCUT2D eigenvalue weighted by molar-refractivity contribution is 6.03. The lowest BCUT2D eigenvalue weighted by Gasteiger charge is -2.27. The third-order valence-electron chi connectivity index (χ3n) is 7.10. The lowest BCUT2D eigenvalue weighted by atomic mass is 9.90. The van der Waals surface area contributed by atoms with Gasteiger partial charge in [0.1, 0.15) is 11.5 Å². The fourth-order valence-corrected chi connectivity index (χ4v) is 4.29. The van der Waals surface area contributed by atoms with Crippen molar-refractivity contribution in [2.24, 2.45) is 0 Å². The smallest absolute Gasteiger partial charge is 0.339 e. The number of ketones is 2. The Morgan fingerprint density at radius 3 is 1.56 bits per heavy atom. The quantitative estimate of drug-likeness (QED) is 0.108. The van der Waals surface area contributed by atoms with Crippen molar-refractivity contribution in [1.29, 1.82) is 0 Å². The Bertz CT molecular complexity index is 1150. The van der Waals surface area contributed by atoms with Crippen molar-refractivity contribution in [2.75, 3.05) is 13.2 Å². The Hall–Kier alpha value is -3.68. The molecule has 2 atom stereocenters. The Kier molecular flexibility index (Phi) is 13.0. The molecule has 0 heterocycles. The van der Waals surface area contributed by atoms with E-state index in [1.54, 1.807) is 69.3 Å². The van der Waals surface area contributed by atoms with Gasteiger partial charge >= 0.3 is 11.9 Å². The molecular formula is C33H44O8. The third kappa shape index (κ3) is 10.3. The van der Waals surface area contributed by atoms with Gasteiger partial charge in [-0.2, -0.15) is 0 Å². The van der Waals surface area contributed by atoms with Crippen LogP contribution in [0.1, 0.15) is 107 Å². The molecule has 0 aliphatic heterocycles. The lowest BCUT2D eigenvalue weighted by Crippen LogP contribution is -2.39. The van der Waals surface area contributed by atoms with E-state index < -0.39 is 23.1 Å². The summed E-state index contributed by atoms with van der Waals surface area (Å²) in [6.07, 6.45) is 5.32. The summed E-state index contributed by atoms with van der Waals surface area (Å²) in [6.45, 7) is 10.9. The molecule has 0 fully saturated rings. The molecule has 0 bridgehead atoms. The van der Waals surface area contributed by atoms with E-state index in [9.17, 15) is 19.2 Å². The normalized spacial score (nSPS) is 13.8. The molecular weight excluding hydrogens is 524 g/mol. The van der Waals surface area contributed by atoms with Crippen LogP contribution in [0.4, 0.5) is 0 Å². The molecule has 2 unspecified atom stereocenters. The molecule has 2 aromatic rings. The number of rotatable bonds is 18. The average Bonchev–Trinajstić information content (AvgIpc) is 2.94. The zero-order valence-electron chi connectivity index (χ0n) is 25.2. The standard InChI is InChI=1S/C33H44O8/c1-7-21-33(6,40-25(4)35)30(36)26-13-17-28(18-14-26)38-22-11-9-10-12-23-39-29-19-15-27(16-20-29)31(37)41-32(5,8-2)24(3)34/h13-20H,7-12,21-23H2,1-6H3. The minimum absolute atomic E-state index is 0.185. The Labute approximate surface area is 243 Å². The van der Waals surface area contributed by atoms with Crippen LogP contribution in [0.2, 0.25) is 0 Å². The van der Waals surface area contributed by atoms with Crippen LogP contribution in [0, 0.1) is 0 Å². The number of ether oxygens (including phenoxy) is 4. The van der Waals surface area contributed by atoms with Gasteiger partial charge < -0.3 is 18.9 Å². The number of carbonyl (C=O) groups excluding carboxylic acids is 4. The second kappa shape index (κ2) is 15.9. The van der Waals surface area contributed by atoms with Crippen molar-refractivity contribution < 1.29 is 38.1 Å². The summed E-state index contributed by atoms with van der Waals surface area (Å²) in [7, 11) is 0. The zero-order valence-corrected chi connectivity index (χ0v) is 25.2. The molecule has 0 spiro atoms. The number of unbranched alkanes of at least 4 members (excludes halogenated alkanes) is 3. The van der Waals surface area contributed by atoms with Crippen LogP contribution >= 0.6 is 0 Å². The van der Waals surface area contributed by atoms with Crippen LogP contribution in [-0.2, 0) is 19.1 Å². The van der Waals surface area contributed by atoms with E-state index in [0.29, 0.717) is 48.7 Å². The summed E-state index contributed by atoms with van der Waals surface area (Å²) in [5.74, 6) is -0.0541. The molecule has 0 amide bonds. The maximum absolute atomic E-state index is 12.9. The van der Waals surface area contributed by atoms with Crippen LogP contribution in [0.5, 0.6) is 11.5 Å². The number of Topliss-reactive ketones (excluding diaryl/α,β-unsaturated/α-hetero) is 2. The molecule has 224 valence electrons. The van der Waals surface area contributed by atoms with Gasteiger partial charge in [0.05, 0.1) is 18.8 Å². The van der Waals surface area contributed by atoms with Crippen LogP contribution in [0.15, 0.2) is 48.5 Å². The maximum atomic E-state index is 12.9. The van der Waals surface area contributed by atoms with E-state index in [2.05, 4.69) is 0 Å². The zero-order chi connectivity index (χ0) is 30.5. The van der Waals surface area contributed by atoms with Crippen molar-refractivity contribution in [3.8, 4) is 11.5 Å². The van der Waals surface area contributed by atoms with Gasteiger partial charge in [-0.1, -0.05) is 20.3 Å². The van der Waals surface area contributed by atoms with Gasteiger partial charge in [0.25, 0.3) is 0 Å². The summed E-state index contributed by atoms with van der Waals surface area (Å²) >= 11 is 0. The fourth-order valence-electron chi connectivity index (χ4n) is 4.29. The van der Waals surface area contributed by atoms with E-state index in [1.165, 1.54) is 13.8 Å². The van der Waals surface area contributed by atoms with E-state index in [1.807, 2.05) is 6.92 Å². The predicted octanol–water partition coefficient (Wildman–Crippen LogP) is 6.92. The molecule has 8 nitrogen and oxygen atoms in total. The third-order valence-corrected chi connectivity index (χ3v) is 7.10. The van der Waals surface area contributed by atoms with Crippen molar-refractivity contribution in [3.63, 3.8) is 0 Å². The van der Waals surface area contributed by atoms with Crippen molar-refractivity contribution >= 4 is 23.5 Å². The number of benzene rings is 2. The average molecular weight is 569 g/mol. The molecule has 0 N–H and O–H groups in total. The highest BCUT2D eigenvalue weighted by Gasteiger charge is 2.36. The van der Waals surface area contributed by atoms with Crippen LogP contribution in [0.25, 0.3) is 0 Å². The monoisotopic (exact) mass is 568 g/mol. The first-order valence-electron chi connectivity index (χ1n) is 14.4. The second-order valence-corrected chi connectivity index (χ2v) is 10.6. The molecule has 0 aliphatic rings. The molecule has 0 saturated heterocycles. The first kappa shape index (κ1) is 33.5. The summed E-state index contributed by atoms with van der Waals surface area (Å²) in [4.78, 5) is 48.6. The molecule has 2 rings (SSSR count). The summed E-state index contributed by atoms with van der Waals surface area (Å²) < 4.78 is 22.4. The van der Waals surface area contributed by atoms with Gasteiger partial charge in [0, 0.05) is 12.5 Å². The topological polar surface area (TPSA) is 105 Å². The Morgan fingerprint density at radius 2 is 1.15 bits per heavy atom. The molecule has 0 aromatic heterocycles. The SMILES string of the molecule is CCCC(C)(OC(C)=O)C(=O)c1ccc(OCCCCCCOc2ccc(C(=O)OC(C)(CC)C(C)=O)cc2)cc1. The van der Waals surface area contributed by atoms with Gasteiger partial charge in [-0.3, -0.25) is 14.4 Å². The summed E-state index contributed by atoms with van der Waals surface area (Å²) in [5, 5.41) is 0. The van der Waals surface area contributed by atoms with E-state index in [-0.39, 0.29) is 11.6 Å². The number of esters is 2. The largest absolute Gasteiger partial charge is 0.494 e. The van der Waals surface area contributed by atoms with Gasteiger partial charge in [-0.15, -0.1) is 0 Å². The van der Waals surface area contributed by atoms with E-state index >= 15 is 0 Å². The fraction of sp³-hybridized carbons (Fsp3) is 0.515. The van der Waals surface area contributed by atoms with Crippen LogP contribution in [0.3, 0.4) is 0 Å². The second-order valence-electron chi connectivity index (χ2n) is 10.6. The Morgan fingerprint density at radius 1 is 0.659 bits per heavy atom. The summed E-state index contributed by atoms with van der Waals surface area (Å²) in [6, 6.07) is 13.7. The van der Waals surface area contributed by atoms with E-state index in [0.717, 1.165) is 32.1 Å². The molecule has 41 heavy (non-hydrogen) atoms. The number of hydrogen-bond acceptors (Lipinski definition) is 8. The molecule has 0 aliphatic carbocycles. The van der Waals surface area contributed by atoms with Crippen LogP contribution < -0.4 is 9.47 Å². The minimum Gasteiger partial charge on any atom is -0.494 e. The lowest BCUT2D eigenvalue weighted by molar-refractivity contribution is -0.151. The molecule has 0 radical (unpaired) electrons. The van der Waals surface area contributed by atoms with Gasteiger partial charge in [0.15, 0.2) is 17.0 Å². The van der Waals surface area contributed by atoms with Gasteiger partial charge in [-0.25, -0.2) is 4.79 Å². The Balaban J connectivity index is 1.67. The van der Waals surface area contributed by atoms with Gasteiger partial charge in [-0.05, 0) is 108 Å². The molecule has 0 saturated carbocycles. The summed E-state index contributed by atoms with van der Waals surface area (Å²) in [5.41, 5.74) is -1.43. The minimum atomic E-state index is -1.17. The first-order chi connectivity index (χ1) is 19.4. The maximum Gasteiger partial charge on any atom is 0.339 e. The van der Waals surface area contributed by atoms with Crippen molar-refractivity contribution in [2.45, 2.75) is 97.7 Å². The van der Waals surface area contributed by atoms with Gasteiger partial charge in [0.2, 0.25) is 5.78 Å². The number of hydrogen-bond donors (Lipinski definition) is 0.